The van der Waals surface area contributed by atoms with E-state index in [9.17, 15) is 18.4 Å². The number of carboxylic acids is 1. The van der Waals surface area contributed by atoms with Gasteiger partial charge in [0.1, 0.15) is 6.61 Å². The van der Waals surface area contributed by atoms with E-state index in [1.807, 2.05) is 0 Å². The number of hydrogen-bond donors (Lipinski definition) is 3. The van der Waals surface area contributed by atoms with Crippen molar-refractivity contribution in [2.75, 3.05) is 26.3 Å². The normalized spacial score (nSPS) is 12.2. The molecule has 0 aromatic carbocycles. The predicted octanol–water partition coefficient (Wildman–Crippen LogP) is 0.678. The van der Waals surface area contributed by atoms with Crippen LogP contribution in [0.15, 0.2) is 0 Å². The Morgan fingerprint density at radius 1 is 1.33 bits per heavy atom. The molecule has 0 saturated heterocycles. The molecule has 0 aliphatic rings. The molecule has 0 bridgehead atoms. The standard InChI is InChI=1S/C10H18F2N2O4/c1-2-7(9(15)16)5-14-10(17)13-3-4-18-6-8(11)12/h7-8H,2-6H2,1H3,(H,15,16)(H2,13,14,17). The molecule has 1 unspecified atom stereocenters. The van der Waals surface area contributed by atoms with E-state index in [-0.39, 0.29) is 19.7 Å². The highest BCUT2D eigenvalue weighted by atomic mass is 19.3. The predicted molar refractivity (Wildman–Crippen MR) is 59.6 cm³/mol. The van der Waals surface area contributed by atoms with Gasteiger partial charge in [0.25, 0.3) is 6.43 Å². The number of ether oxygens (including phenoxy) is 1. The van der Waals surface area contributed by atoms with Crippen molar-refractivity contribution in [1.82, 2.24) is 10.6 Å². The molecular formula is C10H18F2N2O4. The summed E-state index contributed by atoms with van der Waals surface area (Å²) in [5.74, 6) is -1.61. The summed E-state index contributed by atoms with van der Waals surface area (Å²) in [7, 11) is 0. The molecule has 6 nitrogen and oxygen atoms in total. The monoisotopic (exact) mass is 268 g/mol. The number of urea groups is 1. The maximum Gasteiger partial charge on any atom is 0.314 e. The topological polar surface area (TPSA) is 87.7 Å². The zero-order valence-corrected chi connectivity index (χ0v) is 10.1. The number of carboxylic acid groups (broad SMARTS) is 1. The van der Waals surface area contributed by atoms with Gasteiger partial charge in [-0.2, -0.15) is 0 Å². The van der Waals surface area contributed by atoms with Crippen molar-refractivity contribution in [2.45, 2.75) is 19.8 Å². The smallest absolute Gasteiger partial charge is 0.314 e. The van der Waals surface area contributed by atoms with Crippen molar-refractivity contribution in [3.8, 4) is 0 Å². The van der Waals surface area contributed by atoms with Gasteiger partial charge in [-0.25, -0.2) is 13.6 Å². The number of rotatable bonds is 9. The highest BCUT2D eigenvalue weighted by Crippen LogP contribution is 1.99. The molecule has 0 aromatic heterocycles. The molecule has 18 heavy (non-hydrogen) atoms. The quantitative estimate of drug-likeness (QED) is 0.536. The summed E-state index contributed by atoms with van der Waals surface area (Å²) in [6.45, 7) is 1.13. The van der Waals surface area contributed by atoms with Crippen molar-refractivity contribution in [1.29, 1.82) is 0 Å². The highest BCUT2D eigenvalue weighted by molar-refractivity contribution is 5.75. The van der Waals surface area contributed by atoms with E-state index >= 15 is 0 Å². The molecule has 0 heterocycles. The molecule has 0 radical (unpaired) electrons. The number of nitrogens with one attached hydrogen (secondary N) is 2. The lowest BCUT2D eigenvalue weighted by Crippen LogP contribution is -2.41. The Bertz CT molecular complexity index is 264. The summed E-state index contributed by atoms with van der Waals surface area (Å²) in [6.07, 6.45) is -2.12. The zero-order valence-electron chi connectivity index (χ0n) is 10.1. The van der Waals surface area contributed by atoms with Crippen molar-refractivity contribution >= 4 is 12.0 Å². The fraction of sp³-hybridized carbons (Fsp3) is 0.800. The lowest BCUT2D eigenvalue weighted by atomic mass is 10.1. The SMILES string of the molecule is CCC(CNC(=O)NCCOCC(F)F)C(=O)O. The van der Waals surface area contributed by atoms with Gasteiger partial charge in [0.15, 0.2) is 0 Å². The third kappa shape index (κ3) is 8.68. The Morgan fingerprint density at radius 2 is 2.00 bits per heavy atom. The van der Waals surface area contributed by atoms with Gasteiger partial charge in [-0.1, -0.05) is 6.92 Å². The van der Waals surface area contributed by atoms with Gasteiger partial charge in [-0.15, -0.1) is 0 Å². The van der Waals surface area contributed by atoms with Crippen molar-refractivity contribution in [2.24, 2.45) is 5.92 Å². The van der Waals surface area contributed by atoms with E-state index in [2.05, 4.69) is 15.4 Å². The zero-order chi connectivity index (χ0) is 14.0. The van der Waals surface area contributed by atoms with Gasteiger partial charge in [-0.05, 0) is 6.42 Å². The van der Waals surface area contributed by atoms with Crippen LogP contribution in [0.3, 0.4) is 0 Å². The van der Waals surface area contributed by atoms with Gasteiger partial charge in [0.2, 0.25) is 0 Å². The lowest BCUT2D eigenvalue weighted by molar-refractivity contribution is -0.141. The maximum absolute atomic E-state index is 11.7. The highest BCUT2D eigenvalue weighted by Gasteiger charge is 2.15. The molecule has 2 amide bonds. The van der Waals surface area contributed by atoms with Crippen LogP contribution in [0.2, 0.25) is 0 Å². The van der Waals surface area contributed by atoms with Crippen LogP contribution in [0.1, 0.15) is 13.3 Å². The van der Waals surface area contributed by atoms with E-state index in [0.717, 1.165) is 0 Å². The van der Waals surface area contributed by atoms with Crippen LogP contribution in [-0.4, -0.2) is 49.8 Å². The van der Waals surface area contributed by atoms with Gasteiger partial charge in [-0.3, -0.25) is 4.79 Å². The summed E-state index contributed by atoms with van der Waals surface area (Å²) in [6, 6.07) is -0.546. The second-order valence-electron chi connectivity index (χ2n) is 3.55. The van der Waals surface area contributed by atoms with E-state index in [1.165, 1.54) is 0 Å². The van der Waals surface area contributed by atoms with Crippen LogP contribution in [0.4, 0.5) is 13.6 Å². The molecule has 8 heteroatoms. The average Bonchev–Trinajstić information content (AvgIpc) is 2.28. The van der Waals surface area contributed by atoms with Crippen LogP contribution in [0.5, 0.6) is 0 Å². The summed E-state index contributed by atoms with van der Waals surface area (Å²) in [4.78, 5) is 21.8. The molecular weight excluding hydrogens is 250 g/mol. The minimum absolute atomic E-state index is 0.0199. The molecule has 0 fully saturated rings. The Morgan fingerprint density at radius 3 is 2.50 bits per heavy atom. The largest absolute Gasteiger partial charge is 0.481 e. The first-order valence-electron chi connectivity index (χ1n) is 5.57. The first-order valence-corrected chi connectivity index (χ1v) is 5.57. The first-order chi connectivity index (χ1) is 8.47. The number of carbonyl (C=O) groups excluding carboxylic acids is 1. The van der Waals surface area contributed by atoms with Crippen LogP contribution in [0.25, 0.3) is 0 Å². The summed E-state index contributed by atoms with van der Waals surface area (Å²) < 4.78 is 27.9. The lowest BCUT2D eigenvalue weighted by Gasteiger charge is -2.12. The third-order valence-corrected chi connectivity index (χ3v) is 2.13. The molecule has 0 aliphatic carbocycles. The van der Waals surface area contributed by atoms with Gasteiger partial charge in [0.05, 0.1) is 12.5 Å². The number of halogens is 2. The number of hydrogen-bond acceptors (Lipinski definition) is 3. The molecule has 106 valence electrons. The molecule has 0 saturated carbocycles. The van der Waals surface area contributed by atoms with E-state index in [0.29, 0.717) is 6.42 Å². The van der Waals surface area contributed by atoms with E-state index < -0.39 is 31.0 Å². The van der Waals surface area contributed by atoms with Crippen LogP contribution in [0, 0.1) is 5.92 Å². The average molecular weight is 268 g/mol. The molecule has 0 aromatic rings. The number of carbonyl (C=O) groups is 2. The Labute approximate surface area is 104 Å². The molecule has 0 aliphatic heterocycles. The van der Waals surface area contributed by atoms with Crippen molar-refractivity contribution in [3.63, 3.8) is 0 Å². The first kappa shape index (κ1) is 16.6. The molecule has 0 spiro atoms. The van der Waals surface area contributed by atoms with Gasteiger partial charge in [0, 0.05) is 13.1 Å². The Balaban J connectivity index is 3.56. The number of alkyl halides is 2. The van der Waals surface area contributed by atoms with Crippen LogP contribution < -0.4 is 10.6 Å². The molecule has 1 atom stereocenters. The van der Waals surface area contributed by atoms with E-state index in [1.54, 1.807) is 6.92 Å². The maximum atomic E-state index is 11.7. The van der Waals surface area contributed by atoms with Crippen molar-refractivity contribution in [3.05, 3.63) is 0 Å². The third-order valence-electron chi connectivity index (χ3n) is 2.13. The van der Waals surface area contributed by atoms with Gasteiger partial charge >= 0.3 is 12.0 Å². The van der Waals surface area contributed by atoms with Gasteiger partial charge < -0.3 is 20.5 Å². The summed E-state index contributed by atoms with van der Waals surface area (Å²) >= 11 is 0. The van der Waals surface area contributed by atoms with Crippen LogP contribution in [-0.2, 0) is 9.53 Å². The Kier molecular flexibility index (Phi) is 8.81. The fourth-order valence-corrected chi connectivity index (χ4v) is 1.09. The van der Waals surface area contributed by atoms with Crippen molar-refractivity contribution < 1.29 is 28.2 Å². The van der Waals surface area contributed by atoms with E-state index in [4.69, 9.17) is 5.11 Å². The molecule has 3 N–H and O–H groups in total. The minimum atomic E-state index is -2.53. The molecule has 0 rings (SSSR count). The van der Waals surface area contributed by atoms with Crippen LogP contribution >= 0.6 is 0 Å². The minimum Gasteiger partial charge on any atom is -0.481 e. The number of aliphatic carboxylic acids is 1. The number of amides is 2. The second kappa shape index (κ2) is 9.58. The summed E-state index contributed by atoms with van der Waals surface area (Å²) in [5.41, 5.74) is 0. The summed E-state index contributed by atoms with van der Waals surface area (Å²) in [5, 5.41) is 13.5. The fourth-order valence-electron chi connectivity index (χ4n) is 1.09. The second-order valence-corrected chi connectivity index (χ2v) is 3.55. The Hall–Kier alpha value is -1.44.